The molecule has 1 fully saturated rings. The van der Waals surface area contributed by atoms with Crippen molar-refractivity contribution in [3.63, 3.8) is 0 Å². The van der Waals surface area contributed by atoms with E-state index in [9.17, 15) is 5.11 Å². The highest BCUT2D eigenvalue weighted by atomic mass is 35.5. The van der Waals surface area contributed by atoms with E-state index in [1.54, 1.807) is 0 Å². The van der Waals surface area contributed by atoms with Gasteiger partial charge in [0.2, 0.25) is 0 Å². The van der Waals surface area contributed by atoms with Gasteiger partial charge in [-0.05, 0) is 12.8 Å². The van der Waals surface area contributed by atoms with Crippen LogP contribution in [0.4, 0.5) is 0 Å². The monoisotopic (exact) mass is 305 g/mol. The molecule has 0 bridgehead atoms. The van der Waals surface area contributed by atoms with Gasteiger partial charge >= 0.3 is 0 Å². The summed E-state index contributed by atoms with van der Waals surface area (Å²) in [7, 11) is 0. The van der Waals surface area contributed by atoms with E-state index in [0.717, 1.165) is 25.7 Å². The van der Waals surface area contributed by atoms with Crippen LogP contribution in [-0.4, -0.2) is 40.6 Å². The van der Waals surface area contributed by atoms with E-state index in [2.05, 4.69) is 15.5 Å². The number of hydrogen-bond acceptors (Lipinski definition) is 5. The van der Waals surface area contributed by atoms with Gasteiger partial charge in [0.05, 0.1) is 6.10 Å². The molecule has 1 aliphatic rings. The first-order valence-electron chi connectivity index (χ1n) is 6.40. The van der Waals surface area contributed by atoms with Gasteiger partial charge in [-0.25, -0.2) is 0 Å². The Morgan fingerprint density at radius 2 is 2.11 bits per heavy atom. The highest BCUT2D eigenvalue weighted by Crippen LogP contribution is 2.23. The lowest BCUT2D eigenvalue weighted by atomic mass is 9.93. The fraction of sp³-hybridized carbons (Fsp3) is 0.667. The largest absolute Gasteiger partial charge is 0.489 e. The van der Waals surface area contributed by atoms with E-state index in [1.807, 2.05) is 0 Å². The van der Waals surface area contributed by atoms with E-state index in [0.29, 0.717) is 18.9 Å². The number of aliphatic hydroxyl groups is 1. The molecule has 0 spiro atoms. The Morgan fingerprint density at radius 3 is 2.89 bits per heavy atom. The molecule has 0 aromatic carbocycles. The summed E-state index contributed by atoms with van der Waals surface area (Å²) in [5.74, 6) is 0.424. The highest BCUT2D eigenvalue weighted by Gasteiger charge is 2.21. The molecular weight excluding hydrogens is 289 g/mol. The summed E-state index contributed by atoms with van der Waals surface area (Å²) in [4.78, 5) is 0. The summed E-state index contributed by atoms with van der Waals surface area (Å²) in [6.07, 6.45) is 3.88. The molecule has 1 aromatic rings. The number of aliphatic hydroxyl groups excluding tert-OH is 1. The predicted molar refractivity (Wildman–Crippen MR) is 73.8 cm³/mol. The predicted octanol–water partition coefficient (Wildman–Crippen LogP) is 2.06. The SMILES string of the molecule is O[C@@H]1CCCC[C@H]1NCCOc1cc(Cl)nnc1Cl. The number of hydrogen-bond donors (Lipinski definition) is 2. The third-order valence-electron chi connectivity index (χ3n) is 3.18. The molecule has 0 radical (unpaired) electrons. The fourth-order valence-electron chi connectivity index (χ4n) is 2.19. The molecule has 0 aliphatic heterocycles. The number of aromatic nitrogens is 2. The normalized spacial score (nSPS) is 23.3. The molecule has 0 amide bonds. The lowest BCUT2D eigenvalue weighted by molar-refractivity contribution is 0.0890. The number of ether oxygens (including phenoxy) is 1. The van der Waals surface area contributed by atoms with Gasteiger partial charge in [0, 0.05) is 18.7 Å². The molecule has 5 nitrogen and oxygen atoms in total. The van der Waals surface area contributed by atoms with Crippen molar-refractivity contribution in [2.45, 2.75) is 37.8 Å². The van der Waals surface area contributed by atoms with Crippen LogP contribution < -0.4 is 10.1 Å². The Balaban J connectivity index is 1.73. The molecule has 7 heteroatoms. The smallest absolute Gasteiger partial charge is 0.193 e. The van der Waals surface area contributed by atoms with Gasteiger partial charge in [-0.3, -0.25) is 0 Å². The first-order chi connectivity index (χ1) is 9.16. The summed E-state index contributed by atoms with van der Waals surface area (Å²) in [6.45, 7) is 1.07. The topological polar surface area (TPSA) is 67.3 Å². The molecule has 1 heterocycles. The van der Waals surface area contributed by atoms with Crippen LogP contribution in [0.2, 0.25) is 10.3 Å². The maximum absolute atomic E-state index is 9.81. The minimum atomic E-state index is -0.255. The Kier molecular flexibility index (Phi) is 5.63. The molecule has 1 aliphatic carbocycles. The Bertz CT molecular complexity index is 420. The quantitative estimate of drug-likeness (QED) is 0.815. The van der Waals surface area contributed by atoms with Crippen molar-refractivity contribution in [2.24, 2.45) is 0 Å². The zero-order chi connectivity index (χ0) is 13.7. The first-order valence-corrected chi connectivity index (χ1v) is 7.15. The number of halogens is 2. The van der Waals surface area contributed by atoms with Crippen molar-refractivity contribution < 1.29 is 9.84 Å². The highest BCUT2D eigenvalue weighted by molar-refractivity contribution is 6.32. The van der Waals surface area contributed by atoms with Gasteiger partial charge in [0.15, 0.2) is 16.1 Å². The van der Waals surface area contributed by atoms with Gasteiger partial charge in [-0.2, -0.15) is 0 Å². The minimum absolute atomic E-state index is 0.159. The van der Waals surface area contributed by atoms with Gasteiger partial charge < -0.3 is 15.2 Å². The van der Waals surface area contributed by atoms with Crippen molar-refractivity contribution >= 4 is 23.2 Å². The minimum Gasteiger partial charge on any atom is -0.489 e. The first kappa shape index (κ1) is 14.8. The average Bonchev–Trinajstić information content (AvgIpc) is 2.40. The summed E-state index contributed by atoms with van der Waals surface area (Å²) in [5, 5.41) is 20.8. The van der Waals surface area contributed by atoms with E-state index in [-0.39, 0.29) is 22.5 Å². The van der Waals surface area contributed by atoms with Crippen LogP contribution in [0.5, 0.6) is 5.75 Å². The van der Waals surface area contributed by atoms with Crippen LogP contribution in [0.1, 0.15) is 25.7 Å². The van der Waals surface area contributed by atoms with Crippen molar-refractivity contribution in [1.82, 2.24) is 15.5 Å². The van der Waals surface area contributed by atoms with Crippen molar-refractivity contribution in [2.75, 3.05) is 13.2 Å². The Labute approximate surface area is 122 Å². The molecule has 2 N–H and O–H groups in total. The standard InChI is InChI=1S/C12H17Cl2N3O2/c13-11-7-10(12(14)17-16-11)19-6-5-15-8-3-1-2-4-9(8)18/h7-9,15,18H,1-6H2/t8-,9-/m1/s1. The summed E-state index contributed by atoms with van der Waals surface area (Å²) < 4.78 is 5.48. The van der Waals surface area contributed by atoms with Crippen molar-refractivity contribution in [1.29, 1.82) is 0 Å². The lowest BCUT2D eigenvalue weighted by Gasteiger charge is -2.28. The molecule has 19 heavy (non-hydrogen) atoms. The van der Waals surface area contributed by atoms with E-state index in [1.165, 1.54) is 6.07 Å². The van der Waals surface area contributed by atoms with Gasteiger partial charge in [0.25, 0.3) is 0 Å². The fourth-order valence-corrected chi connectivity index (χ4v) is 2.48. The van der Waals surface area contributed by atoms with Crippen molar-refractivity contribution in [3.8, 4) is 5.75 Å². The van der Waals surface area contributed by atoms with Crippen LogP contribution in [0.15, 0.2) is 6.07 Å². The zero-order valence-electron chi connectivity index (χ0n) is 10.5. The molecule has 2 atom stereocenters. The molecule has 0 unspecified atom stereocenters. The van der Waals surface area contributed by atoms with Crippen molar-refractivity contribution in [3.05, 3.63) is 16.4 Å². The lowest BCUT2D eigenvalue weighted by Crippen LogP contribution is -2.43. The maximum Gasteiger partial charge on any atom is 0.193 e. The Hall–Kier alpha value is -0.620. The molecule has 0 saturated heterocycles. The third kappa shape index (κ3) is 4.45. The second-order valence-electron chi connectivity index (χ2n) is 4.58. The third-order valence-corrected chi connectivity index (χ3v) is 3.63. The summed E-state index contributed by atoms with van der Waals surface area (Å²) in [6, 6.07) is 1.69. The molecule has 2 rings (SSSR count). The second-order valence-corrected chi connectivity index (χ2v) is 5.33. The number of rotatable bonds is 5. The molecular formula is C12H17Cl2N3O2. The zero-order valence-corrected chi connectivity index (χ0v) is 12.0. The molecule has 1 saturated carbocycles. The van der Waals surface area contributed by atoms with Crippen LogP contribution >= 0.6 is 23.2 Å². The van der Waals surface area contributed by atoms with Crippen LogP contribution in [0.3, 0.4) is 0 Å². The van der Waals surface area contributed by atoms with Gasteiger partial charge in [-0.15, -0.1) is 10.2 Å². The maximum atomic E-state index is 9.81. The molecule has 1 aromatic heterocycles. The summed E-state index contributed by atoms with van der Waals surface area (Å²) in [5.41, 5.74) is 0. The molecule has 106 valence electrons. The van der Waals surface area contributed by atoms with Crippen LogP contribution in [0.25, 0.3) is 0 Å². The summed E-state index contributed by atoms with van der Waals surface area (Å²) >= 11 is 11.5. The average molecular weight is 306 g/mol. The van der Waals surface area contributed by atoms with Gasteiger partial charge in [0.1, 0.15) is 6.61 Å². The second kappa shape index (κ2) is 7.24. The van der Waals surface area contributed by atoms with E-state index < -0.39 is 0 Å². The Morgan fingerprint density at radius 1 is 1.32 bits per heavy atom. The number of nitrogens with one attached hydrogen (secondary N) is 1. The number of nitrogens with zero attached hydrogens (tertiary/aromatic N) is 2. The van der Waals surface area contributed by atoms with Crippen LogP contribution in [0, 0.1) is 0 Å². The van der Waals surface area contributed by atoms with E-state index in [4.69, 9.17) is 27.9 Å². The van der Waals surface area contributed by atoms with E-state index >= 15 is 0 Å². The van der Waals surface area contributed by atoms with Gasteiger partial charge in [-0.1, -0.05) is 36.0 Å². The van der Waals surface area contributed by atoms with Crippen LogP contribution in [-0.2, 0) is 0 Å².